The number of rotatable bonds is 4. The summed E-state index contributed by atoms with van der Waals surface area (Å²) in [4.78, 5) is 14.8. The summed E-state index contributed by atoms with van der Waals surface area (Å²) in [6.07, 6.45) is 2.11. The van der Waals surface area contributed by atoms with Crippen molar-refractivity contribution in [2.24, 2.45) is 5.73 Å². The van der Waals surface area contributed by atoms with Crippen molar-refractivity contribution in [3.05, 3.63) is 30.6 Å². The average Bonchev–Trinajstić information content (AvgIpc) is 2.69. The zero-order valence-electron chi connectivity index (χ0n) is 8.71. The van der Waals surface area contributed by atoms with E-state index in [2.05, 4.69) is 4.98 Å². The number of aliphatic carboxylic acids is 1. The van der Waals surface area contributed by atoms with Gasteiger partial charge in [-0.15, -0.1) is 0 Å². The lowest BCUT2D eigenvalue weighted by molar-refractivity contribution is -0.138. The summed E-state index contributed by atoms with van der Waals surface area (Å²) in [5, 5.41) is 8.67. The first kappa shape index (κ1) is 10.6. The molecule has 16 heavy (non-hydrogen) atoms. The van der Waals surface area contributed by atoms with E-state index in [0.717, 1.165) is 11.0 Å². The van der Waals surface area contributed by atoms with E-state index in [1.165, 1.54) is 0 Å². The first-order valence-corrected chi connectivity index (χ1v) is 5.07. The molecule has 0 saturated heterocycles. The van der Waals surface area contributed by atoms with Crippen molar-refractivity contribution >= 4 is 17.0 Å². The minimum Gasteiger partial charge on any atom is -0.480 e. The summed E-state index contributed by atoms with van der Waals surface area (Å²) >= 11 is 0. The normalized spacial score (nSPS) is 12.8. The van der Waals surface area contributed by atoms with Gasteiger partial charge in [0.05, 0.1) is 17.4 Å². The standard InChI is InChI=1S/C11H13N3O2/c12-8(11(15)16)5-6-14-7-13-9-3-1-2-4-10(9)14/h1-4,7-8H,5-6,12H2,(H,15,16)/t8-/m1/s1. The number of benzene rings is 1. The Bertz CT molecular complexity index is 507. The summed E-state index contributed by atoms with van der Waals surface area (Å²) in [5.74, 6) is -0.968. The molecule has 0 spiro atoms. The van der Waals surface area contributed by atoms with Crippen LogP contribution in [0.1, 0.15) is 6.42 Å². The van der Waals surface area contributed by atoms with Gasteiger partial charge in [-0.3, -0.25) is 4.79 Å². The minimum atomic E-state index is -0.968. The number of imidazole rings is 1. The van der Waals surface area contributed by atoms with Crippen LogP contribution in [-0.2, 0) is 11.3 Å². The molecule has 0 amide bonds. The molecule has 1 atom stereocenters. The lowest BCUT2D eigenvalue weighted by Gasteiger charge is -2.07. The lowest BCUT2D eigenvalue weighted by atomic mass is 10.2. The predicted octanol–water partition coefficient (Wildman–Crippen LogP) is 0.838. The summed E-state index contributed by atoms with van der Waals surface area (Å²) in [5.41, 5.74) is 7.35. The highest BCUT2D eigenvalue weighted by atomic mass is 16.4. The molecule has 5 nitrogen and oxygen atoms in total. The Morgan fingerprint density at radius 3 is 3.00 bits per heavy atom. The second-order valence-corrected chi connectivity index (χ2v) is 3.66. The van der Waals surface area contributed by atoms with Gasteiger partial charge in [-0.2, -0.15) is 0 Å². The number of hydrogen-bond acceptors (Lipinski definition) is 3. The third kappa shape index (κ3) is 2.04. The molecule has 2 aromatic rings. The van der Waals surface area contributed by atoms with Crippen molar-refractivity contribution in [2.75, 3.05) is 0 Å². The first-order valence-electron chi connectivity index (χ1n) is 5.07. The molecule has 2 rings (SSSR count). The highest BCUT2D eigenvalue weighted by molar-refractivity contribution is 5.75. The van der Waals surface area contributed by atoms with E-state index in [9.17, 15) is 4.79 Å². The molecule has 0 radical (unpaired) electrons. The van der Waals surface area contributed by atoms with Gasteiger partial charge in [0.25, 0.3) is 0 Å². The molecule has 1 aromatic heterocycles. The van der Waals surface area contributed by atoms with Crippen LogP contribution >= 0.6 is 0 Å². The molecule has 0 aliphatic carbocycles. The maximum atomic E-state index is 10.6. The Morgan fingerprint density at radius 1 is 1.50 bits per heavy atom. The van der Waals surface area contributed by atoms with Crippen molar-refractivity contribution < 1.29 is 9.90 Å². The highest BCUT2D eigenvalue weighted by Gasteiger charge is 2.11. The summed E-state index contributed by atoms with van der Waals surface area (Å²) in [7, 11) is 0. The maximum absolute atomic E-state index is 10.6. The smallest absolute Gasteiger partial charge is 0.320 e. The third-order valence-corrected chi connectivity index (χ3v) is 2.53. The van der Waals surface area contributed by atoms with Crippen molar-refractivity contribution in [2.45, 2.75) is 19.0 Å². The second kappa shape index (κ2) is 4.32. The van der Waals surface area contributed by atoms with Crippen molar-refractivity contribution in [1.82, 2.24) is 9.55 Å². The van der Waals surface area contributed by atoms with Crippen LogP contribution in [0.2, 0.25) is 0 Å². The van der Waals surface area contributed by atoms with E-state index >= 15 is 0 Å². The van der Waals surface area contributed by atoms with E-state index in [4.69, 9.17) is 10.8 Å². The Morgan fingerprint density at radius 2 is 2.25 bits per heavy atom. The number of hydrogen-bond donors (Lipinski definition) is 2. The lowest BCUT2D eigenvalue weighted by Crippen LogP contribution is -2.31. The van der Waals surface area contributed by atoms with E-state index in [0.29, 0.717) is 13.0 Å². The van der Waals surface area contributed by atoms with Gasteiger partial charge in [-0.05, 0) is 18.6 Å². The zero-order chi connectivity index (χ0) is 11.5. The number of nitrogens with two attached hydrogens (primary N) is 1. The summed E-state index contributed by atoms with van der Waals surface area (Å²) in [6.45, 7) is 0.563. The van der Waals surface area contributed by atoms with Crippen LogP contribution in [0.4, 0.5) is 0 Å². The van der Waals surface area contributed by atoms with Crippen molar-refractivity contribution in [3.8, 4) is 0 Å². The maximum Gasteiger partial charge on any atom is 0.320 e. The number of aryl methyl sites for hydroxylation is 1. The number of para-hydroxylation sites is 2. The van der Waals surface area contributed by atoms with Gasteiger partial charge in [0.15, 0.2) is 0 Å². The largest absolute Gasteiger partial charge is 0.480 e. The van der Waals surface area contributed by atoms with Crippen LogP contribution in [0.3, 0.4) is 0 Å². The number of carboxylic acids is 1. The highest BCUT2D eigenvalue weighted by Crippen LogP contribution is 2.12. The minimum absolute atomic E-state index is 0.398. The molecule has 84 valence electrons. The number of carboxylic acid groups (broad SMARTS) is 1. The van der Waals surface area contributed by atoms with Gasteiger partial charge >= 0.3 is 5.97 Å². The predicted molar refractivity (Wildman–Crippen MR) is 60.0 cm³/mol. The molecule has 0 bridgehead atoms. The molecule has 5 heteroatoms. The quantitative estimate of drug-likeness (QED) is 0.798. The molecule has 3 N–H and O–H groups in total. The first-order chi connectivity index (χ1) is 7.68. The number of aromatic nitrogens is 2. The van der Waals surface area contributed by atoms with E-state index in [1.54, 1.807) is 6.33 Å². The van der Waals surface area contributed by atoms with Crippen molar-refractivity contribution in [1.29, 1.82) is 0 Å². The van der Waals surface area contributed by atoms with Gasteiger partial charge in [0.2, 0.25) is 0 Å². The van der Waals surface area contributed by atoms with E-state index in [-0.39, 0.29) is 0 Å². The topological polar surface area (TPSA) is 81.1 Å². The van der Waals surface area contributed by atoms with Gasteiger partial charge in [-0.1, -0.05) is 12.1 Å². The third-order valence-electron chi connectivity index (χ3n) is 2.53. The molecular formula is C11H13N3O2. The summed E-state index contributed by atoms with van der Waals surface area (Å²) in [6, 6.07) is 6.90. The fraction of sp³-hybridized carbons (Fsp3) is 0.273. The van der Waals surface area contributed by atoms with Gasteiger partial charge in [-0.25, -0.2) is 4.98 Å². The summed E-state index contributed by atoms with van der Waals surface area (Å²) < 4.78 is 1.91. The zero-order valence-corrected chi connectivity index (χ0v) is 8.71. The molecule has 0 unspecified atom stereocenters. The number of carbonyl (C=O) groups is 1. The van der Waals surface area contributed by atoms with Crippen LogP contribution < -0.4 is 5.73 Å². The van der Waals surface area contributed by atoms with Crippen LogP contribution in [-0.4, -0.2) is 26.7 Å². The van der Waals surface area contributed by atoms with Gasteiger partial charge in [0, 0.05) is 6.54 Å². The van der Waals surface area contributed by atoms with Crippen LogP contribution in [0.5, 0.6) is 0 Å². The van der Waals surface area contributed by atoms with Gasteiger partial charge < -0.3 is 15.4 Å². The monoisotopic (exact) mass is 219 g/mol. The Hall–Kier alpha value is -1.88. The van der Waals surface area contributed by atoms with E-state index < -0.39 is 12.0 Å². The fourth-order valence-corrected chi connectivity index (χ4v) is 1.59. The van der Waals surface area contributed by atoms with Crippen LogP contribution in [0.25, 0.3) is 11.0 Å². The molecule has 1 aromatic carbocycles. The second-order valence-electron chi connectivity index (χ2n) is 3.66. The Kier molecular flexibility index (Phi) is 2.87. The average molecular weight is 219 g/mol. The Labute approximate surface area is 92.5 Å². The number of nitrogens with zero attached hydrogens (tertiary/aromatic N) is 2. The van der Waals surface area contributed by atoms with Crippen molar-refractivity contribution in [3.63, 3.8) is 0 Å². The van der Waals surface area contributed by atoms with Crippen LogP contribution in [0, 0.1) is 0 Å². The van der Waals surface area contributed by atoms with E-state index in [1.807, 2.05) is 28.8 Å². The number of fused-ring (bicyclic) bond motifs is 1. The molecule has 0 saturated carbocycles. The Balaban J connectivity index is 2.13. The molecule has 0 fully saturated rings. The molecule has 0 aliphatic rings. The fourth-order valence-electron chi connectivity index (χ4n) is 1.59. The van der Waals surface area contributed by atoms with Gasteiger partial charge in [0.1, 0.15) is 6.04 Å². The molecule has 1 heterocycles. The molecular weight excluding hydrogens is 206 g/mol. The SMILES string of the molecule is N[C@H](CCn1cnc2ccccc21)C(=O)O. The van der Waals surface area contributed by atoms with Crippen LogP contribution in [0.15, 0.2) is 30.6 Å². The molecule has 0 aliphatic heterocycles.